The molecule has 2 aromatic rings. The second-order valence-electron chi connectivity index (χ2n) is 11.3. The van der Waals surface area contributed by atoms with Crippen molar-refractivity contribution in [1.29, 1.82) is 0 Å². The first-order valence-corrected chi connectivity index (χ1v) is 12.6. The molecule has 4 nitrogen and oxygen atoms in total. The Balaban J connectivity index is 1.49. The van der Waals surface area contributed by atoms with Crippen LogP contribution in [0, 0.1) is 24.2 Å². The summed E-state index contributed by atoms with van der Waals surface area (Å²) in [6.07, 6.45) is 1.75. The van der Waals surface area contributed by atoms with Crippen LogP contribution in [-0.2, 0) is 0 Å². The van der Waals surface area contributed by atoms with Crippen LogP contribution in [0.4, 0.5) is 13.2 Å². The number of alkyl halides is 3. The molecule has 1 saturated carbocycles. The number of nitrogens with one attached hydrogen (secondary N) is 1. The van der Waals surface area contributed by atoms with Gasteiger partial charge < -0.3 is 10.2 Å². The molecule has 4 unspecified atom stereocenters. The van der Waals surface area contributed by atoms with E-state index in [1.165, 1.54) is 0 Å². The lowest BCUT2D eigenvalue weighted by molar-refractivity contribution is -0.113. The molecule has 7 heteroatoms. The van der Waals surface area contributed by atoms with E-state index in [9.17, 15) is 23.4 Å². The van der Waals surface area contributed by atoms with Gasteiger partial charge in [-0.3, -0.25) is 5.10 Å². The van der Waals surface area contributed by atoms with Crippen LogP contribution in [-0.4, -0.2) is 38.3 Å². The van der Waals surface area contributed by atoms with E-state index >= 15 is 0 Å². The van der Waals surface area contributed by atoms with E-state index in [0.29, 0.717) is 32.1 Å². The lowest BCUT2D eigenvalue weighted by Gasteiger charge is -2.50. The maximum atomic E-state index is 14.6. The smallest absolute Gasteiger partial charge is 0.393 e. The van der Waals surface area contributed by atoms with Crippen molar-refractivity contribution in [1.82, 2.24) is 10.2 Å². The van der Waals surface area contributed by atoms with Crippen molar-refractivity contribution in [2.75, 3.05) is 0 Å². The van der Waals surface area contributed by atoms with Gasteiger partial charge >= 0.3 is 6.18 Å². The van der Waals surface area contributed by atoms with E-state index < -0.39 is 28.9 Å². The number of aromatic amines is 1. The molecule has 0 aliphatic heterocycles. The molecule has 1 fully saturated rings. The van der Waals surface area contributed by atoms with Gasteiger partial charge in [-0.2, -0.15) is 18.3 Å². The zero-order valence-corrected chi connectivity index (χ0v) is 20.0. The van der Waals surface area contributed by atoms with Crippen molar-refractivity contribution in [2.24, 2.45) is 17.3 Å². The number of nitrogens with zero attached hydrogens (tertiary/aromatic N) is 1. The van der Waals surface area contributed by atoms with Gasteiger partial charge in [0, 0.05) is 28.0 Å². The molecule has 6 rings (SSSR count). The van der Waals surface area contributed by atoms with Crippen LogP contribution in [0.2, 0.25) is 0 Å². The zero-order chi connectivity index (χ0) is 24.8. The summed E-state index contributed by atoms with van der Waals surface area (Å²) in [5, 5.41) is 30.6. The summed E-state index contributed by atoms with van der Waals surface area (Å²) in [7, 11) is 0. The molecule has 0 saturated heterocycles. The molecule has 0 bridgehead atoms. The van der Waals surface area contributed by atoms with Gasteiger partial charge in [0.05, 0.1) is 17.2 Å². The van der Waals surface area contributed by atoms with Crippen LogP contribution in [0.5, 0.6) is 0 Å². The number of H-pyrrole nitrogens is 1. The highest BCUT2D eigenvalue weighted by molar-refractivity contribution is 5.87. The minimum absolute atomic E-state index is 0.0508. The first kappa shape index (κ1) is 23.0. The van der Waals surface area contributed by atoms with Crippen molar-refractivity contribution < 1.29 is 23.4 Å². The third-order valence-corrected chi connectivity index (χ3v) is 9.30. The van der Waals surface area contributed by atoms with Crippen LogP contribution in [0.25, 0.3) is 16.5 Å². The monoisotopic (exact) mass is 484 g/mol. The summed E-state index contributed by atoms with van der Waals surface area (Å²) < 4.78 is 43.8. The number of aryl methyl sites for hydroxylation is 1. The molecule has 1 heterocycles. The normalized spacial score (nSPS) is 35.2. The number of allylic oxidation sites excluding steroid dienone is 3. The Morgan fingerprint density at radius 2 is 1.97 bits per heavy atom. The molecule has 1 aromatic heterocycles. The van der Waals surface area contributed by atoms with Gasteiger partial charge in [-0.05, 0) is 86.6 Å². The molecule has 4 aliphatic carbocycles. The van der Waals surface area contributed by atoms with Crippen LogP contribution in [0.15, 0.2) is 47.1 Å². The number of aliphatic hydroxyl groups excluding tert-OH is 1. The highest BCUT2D eigenvalue weighted by Gasteiger charge is 2.60. The number of rotatable bonds is 1. The molecule has 0 spiro atoms. The number of fused-ring (bicyclic) bond motifs is 5. The fourth-order valence-electron chi connectivity index (χ4n) is 7.50. The van der Waals surface area contributed by atoms with Crippen molar-refractivity contribution in [3.8, 4) is 0 Å². The molecule has 4 aliphatic rings. The van der Waals surface area contributed by atoms with Crippen molar-refractivity contribution in [3.05, 3.63) is 58.3 Å². The Hall–Kier alpha value is -2.38. The first-order chi connectivity index (χ1) is 16.5. The fourth-order valence-corrected chi connectivity index (χ4v) is 7.50. The molecule has 5 atom stereocenters. The third kappa shape index (κ3) is 3.38. The van der Waals surface area contributed by atoms with E-state index in [1.807, 2.05) is 38.1 Å². The largest absolute Gasteiger partial charge is 0.413 e. The van der Waals surface area contributed by atoms with Crippen molar-refractivity contribution in [2.45, 2.75) is 76.7 Å². The maximum absolute atomic E-state index is 14.6. The molecule has 3 N–H and O–H groups in total. The van der Waals surface area contributed by atoms with Crippen molar-refractivity contribution >= 4 is 16.5 Å². The Morgan fingerprint density at radius 3 is 2.74 bits per heavy atom. The standard InChI is InChI=1S/C28H31F3N2O2/c1-15-20-12-17(4-7-24(20)33-32-15)21-6-8-25-26(21,2)14-23(28(29,30)31)22-13-18-11-19(34)5-3-16(18)9-10-27(22,25)35/h4,6-7,12-13,16,19,25,34-35H,3,5,8-11,14H2,1-2H3,(H,32,33)/t16?,19?,25?,26?,27-/m1/s1. The summed E-state index contributed by atoms with van der Waals surface area (Å²) in [4.78, 5) is 0. The van der Waals surface area contributed by atoms with E-state index in [1.54, 1.807) is 6.08 Å². The van der Waals surface area contributed by atoms with Gasteiger partial charge in [0.25, 0.3) is 0 Å². The fraction of sp³-hybridized carbons (Fsp3) is 0.536. The molecule has 35 heavy (non-hydrogen) atoms. The second-order valence-corrected chi connectivity index (χ2v) is 11.3. The van der Waals surface area contributed by atoms with E-state index in [4.69, 9.17) is 0 Å². The Morgan fingerprint density at radius 1 is 1.17 bits per heavy atom. The Labute approximate surface area is 202 Å². The van der Waals surface area contributed by atoms with Gasteiger partial charge in [-0.1, -0.05) is 30.7 Å². The zero-order valence-electron chi connectivity index (χ0n) is 20.0. The number of hydrogen-bond acceptors (Lipinski definition) is 3. The third-order valence-electron chi connectivity index (χ3n) is 9.30. The topological polar surface area (TPSA) is 69.1 Å². The summed E-state index contributed by atoms with van der Waals surface area (Å²) in [5.74, 6) is -0.212. The second kappa shape index (κ2) is 7.56. The van der Waals surface area contributed by atoms with Gasteiger partial charge in [-0.25, -0.2) is 0 Å². The summed E-state index contributed by atoms with van der Waals surface area (Å²) in [5.41, 5.74) is 1.42. The minimum Gasteiger partial charge on any atom is -0.393 e. The molecule has 1 aromatic carbocycles. The summed E-state index contributed by atoms with van der Waals surface area (Å²) >= 11 is 0. The van der Waals surface area contributed by atoms with Gasteiger partial charge in [0.2, 0.25) is 0 Å². The summed E-state index contributed by atoms with van der Waals surface area (Å²) in [6, 6.07) is 5.85. The minimum atomic E-state index is -4.54. The van der Waals surface area contributed by atoms with E-state index in [2.05, 4.69) is 10.2 Å². The maximum Gasteiger partial charge on any atom is 0.413 e. The Bertz CT molecular complexity index is 1300. The van der Waals surface area contributed by atoms with Crippen LogP contribution in [0.3, 0.4) is 0 Å². The molecule has 186 valence electrons. The quantitative estimate of drug-likeness (QED) is 0.454. The first-order valence-electron chi connectivity index (χ1n) is 12.6. The lowest BCUT2D eigenvalue weighted by atomic mass is 9.56. The number of halogens is 3. The summed E-state index contributed by atoms with van der Waals surface area (Å²) in [6.45, 7) is 3.83. The van der Waals surface area contributed by atoms with E-state index in [0.717, 1.165) is 39.7 Å². The van der Waals surface area contributed by atoms with Crippen LogP contribution in [0.1, 0.15) is 63.1 Å². The molecule has 0 radical (unpaired) electrons. The number of aliphatic hydroxyl groups is 2. The number of aromatic nitrogens is 2. The average molecular weight is 485 g/mol. The molecular formula is C28H31F3N2O2. The van der Waals surface area contributed by atoms with Crippen molar-refractivity contribution in [3.63, 3.8) is 0 Å². The Kier molecular flexibility index (Phi) is 4.98. The molecule has 0 amide bonds. The van der Waals surface area contributed by atoms with Crippen LogP contribution < -0.4 is 0 Å². The van der Waals surface area contributed by atoms with Gasteiger partial charge in [-0.15, -0.1) is 0 Å². The number of hydrogen-bond donors (Lipinski definition) is 3. The van der Waals surface area contributed by atoms with Gasteiger partial charge in [0.15, 0.2) is 0 Å². The predicted molar refractivity (Wildman–Crippen MR) is 128 cm³/mol. The predicted octanol–water partition coefficient (Wildman–Crippen LogP) is 6.16. The van der Waals surface area contributed by atoms with E-state index in [-0.39, 0.29) is 23.8 Å². The van der Waals surface area contributed by atoms with Gasteiger partial charge in [0.1, 0.15) is 0 Å². The van der Waals surface area contributed by atoms with Crippen LogP contribution >= 0.6 is 0 Å². The average Bonchev–Trinajstić information content (AvgIpc) is 3.30. The SMILES string of the molecule is Cc1[nH]nc2ccc(C3=CCC4C3(C)CC(C(F)(F)F)=C3C=C5CC(O)CCC5CC[C@@]34O)cc12. The lowest BCUT2D eigenvalue weighted by Crippen LogP contribution is -2.51. The number of benzene rings is 1. The highest BCUT2D eigenvalue weighted by atomic mass is 19.4. The molecular weight excluding hydrogens is 453 g/mol. The highest BCUT2D eigenvalue weighted by Crippen LogP contribution is 2.64.